The maximum absolute atomic E-state index is 12.2. The number of rotatable bonds is 5. The summed E-state index contributed by atoms with van der Waals surface area (Å²) in [5.41, 5.74) is 6.18. The molecule has 0 saturated carbocycles. The van der Waals surface area contributed by atoms with Gasteiger partial charge in [-0.15, -0.1) is 0 Å². The number of aliphatic hydroxyl groups excluding tert-OH is 1. The van der Waals surface area contributed by atoms with E-state index in [-0.39, 0.29) is 12.5 Å². The Hall–Kier alpha value is -1.07. The molecule has 0 saturated heterocycles. The molecule has 0 bridgehead atoms. The normalized spacial score (nSPS) is 11.3. The monoisotopic (exact) mass is 314 g/mol. The average Bonchev–Trinajstić information content (AvgIpc) is 2.39. The van der Waals surface area contributed by atoms with Crippen molar-refractivity contribution in [2.24, 2.45) is 0 Å². The van der Waals surface area contributed by atoms with Crippen LogP contribution in [0.1, 0.15) is 37.0 Å². The van der Waals surface area contributed by atoms with Gasteiger partial charge in [0.2, 0.25) is 0 Å². The molecule has 1 aromatic carbocycles. The second-order valence-corrected chi connectivity index (χ2v) is 5.10. The van der Waals surface area contributed by atoms with Crippen LogP contribution in [0.25, 0.3) is 0 Å². The number of benzene rings is 1. The standard InChI is InChI=1S/C13H19BrN2O2/c1-3-13(4-2,8-17)16-12(18)9-6-5-7-10(15)11(9)14/h5-7,17H,3-4,8,15H2,1-2H3,(H,16,18). The number of carbonyl (C=O) groups excluding carboxylic acids is 1. The Labute approximate surface area is 116 Å². The molecule has 0 aromatic heterocycles. The fourth-order valence-electron chi connectivity index (χ4n) is 1.72. The van der Waals surface area contributed by atoms with Crippen molar-refractivity contribution in [1.82, 2.24) is 5.32 Å². The van der Waals surface area contributed by atoms with Crippen molar-refractivity contribution in [2.75, 3.05) is 12.3 Å². The summed E-state index contributed by atoms with van der Waals surface area (Å²) in [5, 5.41) is 12.3. The molecule has 0 aliphatic heterocycles. The first-order valence-electron chi connectivity index (χ1n) is 5.97. The number of anilines is 1. The topological polar surface area (TPSA) is 75.3 Å². The van der Waals surface area contributed by atoms with Crippen molar-refractivity contribution in [1.29, 1.82) is 0 Å². The average molecular weight is 315 g/mol. The molecule has 0 spiro atoms. The van der Waals surface area contributed by atoms with Crippen LogP contribution >= 0.6 is 15.9 Å². The molecule has 18 heavy (non-hydrogen) atoms. The highest BCUT2D eigenvalue weighted by atomic mass is 79.9. The smallest absolute Gasteiger partial charge is 0.253 e. The number of aliphatic hydroxyl groups is 1. The van der Waals surface area contributed by atoms with Crippen molar-refractivity contribution in [2.45, 2.75) is 32.2 Å². The van der Waals surface area contributed by atoms with Gasteiger partial charge in [0.1, 0.15) is 0 Å². The number of nitrogen functional groups attached to an aromatic ring is 1. The second-order valence-electron chi connectivity index (χ2n) is 4.31. The van der Waals surface area contributed by atoms with Gasteiger partial charge in [-0.2, -0.15) is 0 Å². The van der Waals surface area contributed by atoms with Crippen LogP contribution in [0.4, 0.5) is 5.69 Å². The van der Waals surface area contributed by atoms with E-state index in [2.05, 4.69) is 21.2 Å². The number of carbonyl (C=O) groups is 1. The summed E-state index contributed by atoms with van der Waals surface area (Å²) < 4.78 is 0.585. The zero-order chi connectivity index (χ0) is 13.8. The molecule has 0 unspecified atom stereocenters. The molecule has 0 atom stereocenters. The minimum Gasteiger partial charge on any atom is -0.398 e. The van der Waals surface area contributed by atoms with Crippen molar-refractivity contribution >= 4 is 27.5 Å². The second kappa shape index (κ2) is 6.20. The van der Waals surface area contributed by atoms with Gasteiger partial charge in [-0.3, -0.25) is 4.79 Å². The van der Waals surface area contributed by atoms with Crippen LogP contribution in [0, 0.1) is 0 Å². The Morgan fingerprint density at radius 2 is 2.06 bits per heavy atom. The highest BCUT2D eigenvalue weighted by molar-refractivity contribution is 9.10. The maximum Gasteiger partial charge on any atom is 0.253 e. The number of halogens is 1. The molecule has 4 nitrogen and oxygen atoms in total. The largest absolute Gasteiger partial charge is 0.398 e. The summed E-state index contributed by atoms with van der Waals surface area (Å²) >= 11 is 3.31. The van der Waals surface area contributed by atoms with Crippen LogP contribution < -0.4 is 11.1 Å². The predicted octanol–water partition coefficient (Wildman–Crippen LogP) is 2.31. The zero-order valence-electron chi connectivity index (χ0n) is 10.7. The van der Waals surface area contributed by atoms with E-state index < -0.39 is 5.54 Å². The summed E-state index contributed by atoms with van der Waals surface area (Å²) in [6.07, 6.45) is 1.34. The van der Waals surface area contributed by atoms with E-state index in [0.717, 1.165) is 0 Å². The van der Waals surface area contributed by atoms with Crippen molar-refractivity contribution in [3.63, 3.8) is 0 Å². The molecule has 0 aliphatic carbocycles. The quantitative estimate of drug-likeness (QED) is 0.730. The highest BCUT2D eigenvalue weighted by Crippen LogP contribution is 2.25. The van der Waals surface area contributed by atoms with E-state index in [4.69, 9.17) is 5.73 Å². The van der Waals surface area contributed by atoms with Gasteiger partial charge in [-0.25, -0.2) is 0 Å². The third-order valence-corrected chi connectivity index (χ3v) is 4.19. The molecule has 0 fully saturated rings. The van der Waals surface area contributed by atoms with Crippen LogP contribution in [0.15, 0.2) is 22.7 Å². The van der Waals surface area contributed by atoms with E-state index in [1.54, 1.807) is 18.2 Å². The lowest BCUT2D eigenvalue weighted by atomic mass is 9.93. The number of hydrogen-bond acceptors (Lipinski definition) is 3. The molecular weight excluding hydrogens is 296 g/mol. The van der Waals surface area contributed by atoms with Gasteiger partial charge in [0.15, 0.2) is 0 Å². The number of nitrogens with one attached hydrogen (secondary N) is 1. The summed E-state index contributed by atoms with van der Waals surface area (Å²) in [5.74, 6) is -0.230. The summed E-state index contributed by atoms with van der Waals surface area (Å²) in [6.45, 7) is 3.80. The Morgan fingerprint density at radius 3 is 2.56 bits per heavy atom. The van der Waals surface area contributed by atoms with Crippen LogP contribution in [-0.2, 0) is 0 Å². The Bertz CT molecular complexity index is 423. The predicted molar refractivity (Wildman–Crippen MR) is 76.4 cm³/mol. The summed E-state index contributed by atoms with van der Waals surface area (Å²) in [6, 6.07) is 5.15. The van der Waals surface area contributed by atoms with E-state index in [0.29, 0.717) is 28.6 Å². The minimum atomic E-state index is -0.568. The molecule has 1 amide bonds. The third-order valence-electron chi connectivity index (χ3n) is 3.31. The summed E-state index contributed by atoms with van der Waals surface area (Å²) in [7, 11) is 0. The number of hydrogen-bond donors (Lipinski definition) is 3. The van der Waals surface area contributed by atoms with Crippen molar-refractivity contribution < 1.29 is 9.90 Å². The van der Waals surface area contributed by atoms with Gasteiger partial charge in [-0.05, 0) is 40.9 Å². The molecule has 1 rings (SSSR count). The van der Waals surface area contributed by atoms with Gasteiger partial charge < -0.3 is 16.2 Å². The first kappa shape index (κ1) is 15.0. The van der Waals surface area contributed by atoms with Gasteiger partial charge in [0.05, 0.1) is 22.2 Å². The summed E-state index contributed by atoms with van der Waals surface area (Å²) in [4.78, 5) is 12.2. The SMILES string of the molecule is CCC(CC)(CO)NC(=O)c1cccc(N)c1Br. The molecule has 0 aliphatic rings. The third kappa shape index (κ3) is 3.03. The van der Waals surface area contributed by atoms with Gasteiger partial charge >= 0.3 is 0 Å². The Balaban J connectivity index is 2.98. The molecular formula is C13H19BrN2O2. The molecule has 4 N–H and O–H groups in total. The molecule has 1 aromatic rings. The Kier molecular flexibility index (Phi) is 5.16. The number of amides is 1. The van der Waals surface area contributed by atoms with E-state index in [1.165, 1.54) is 0 Å². The maximum atomic E-state index is 12.2. The van der Waals surface area contributed by atoms with Gasteiger partial charge in [-0.1, -0.05) is 19.9 Å². The molecule has 100 valence electrons. The lowest BCUT2D eigenvalue weighted by Gasteiger charge is -2.31. The zero-order valence-corrected chi connectivity index (χ0v) is 12.3. The van der Waals surface area contributed by atoms with E-state index >= 15 is 0 Å². The lowest BCUT2D eigenvalue weighted by Crippen LogP contribution is -2.50. The fraction of sp³-hybridized carbons (Fsp3) is 0.462. The molecule has 5 heteroatoms. The number of nitrogens with two attached hydrogens (primary N) is 1. The Morgan fingerprint density at radius 1 is 1.44 bits per heavy atom. The minimum absolute atomic E-state index is 0.0777. The molecule has 0 radical (unpaired) electrons. The van der Waals surface area contributed by atoms with E-state index in [1.807, 2.05) is 13.8 Å². The van der Waals surface area contributed by atoms with Gasteiger partial charge in [0.25, 0.3) is 5.91 Å². The van der Waals surface area contributed by atoms with Crippen LogP contribution in [0.2, 0.25) is 0 Å². The lowest BCUT2D eigenvalue weighted by molar-refractivity contribution is 0.0817. The first-order chi connectivity index (χ1) is 8.49. The molecule has 0 heterocycles. The fourth-order valence-corrected chi connectivity index (χ4v) is 2.17. The van der Waals surface area contributed by atoms with Crippen molar-refractivity contribution in [3.05, 3.63) is 28.2 Å². The first-order valence-corrected chi connectivity index (χ1v) is 6.76. The van der Waals surface area contributed by atoms with Crippen molar-refractivity contribution in [3.8, 4) is 0 Å². The van der Waals surface area contributed by atoms with Crippen LogP contribution in [0.3, 0.4) is 0 Å². The van der Waals surface area contributed by atoms with Crippen LogP contribution in [-0.4, -0.2) is 23.2 Å². The van der Waals surface area contributed by atoms with Crippen LogP contribution in [0.5, 0.6) is 0 Å². The van der Waals surface area contributed by atoms with Gasteiger partial charge in [0, 0.05) is 5.69 Å². The highest BCUT2D eigenvalue weighted by Gasteiger charge is 2.28. The van der Waals surface area contributed by atoms with E-state index in [9.17, 15) is 9.90 Å².